The van der Waals surface area contributed by atoms with Crippen LogP contribution in [0.4, 0.5) is 4.39 Å². The van der Waals surface area contributed by atoms with Gasteiger partial charge in [0.25, 0.3) is 0 Å². The molecule has 1 heterocycles. The molecular formula is C26H21FN2O4. The molecule has 1 unspecified atom stereocenters. The van der Waals surface area contributed by atoms with Crippen molar-refractivity contribution in [2.75, 3.05) is 6.67 Å². The van der Waals surface area contributed by atoms with E-state index in [4.69, 9.17) is 14.9 Å². The van der Waals surface area contributed by atoms with Gasteiger partial charge in [0.05, 0.1) is 30.4 Å². The van der Waals surface area contributed by atoms with Crippen LogP contribution in [0.1, 0.15) is 28.3 Å². The SMILES string of the molecule is N#Cc1ccc(CC(=O)O)c(OCc2cc(-c3cccc(C(N)CF)c3)c3occc3c2)c1. The molecule has 0 aliphatic heterocycles. The normalized spacial score (nSPS) is 11.8. The van der Waals surface area contributed by atoms with Gasteiger partial charge in [0.2, 0.25) is 0 Å². The number of benzene rings is 3. The van der Waals surface area contributed by atoms with Gasteiger partial charge in [-0.05, 0) is 53.1 Å². The number of hydrogen-bond acceptors (Lipinski definition) is 5. The van der Waals surface area contributed by atoms with E-state index in [1.165, 1.54) is 6.07 Å². The lowest BCUT2D eigenvalue weighted by Crippen LogP contribution is -2.11. The van der Waals surface area contributed by atoms with E-state index in [1.54, 1.807) is 24.5 Å². The molecule has 7 heteroatoms. The number of halogens is 1. The van der Waals surface area contributed by atoms with Crippen LogP contribution in [0.15, 0.2) is 71.3 Å². The molecule has 1 atom stereocenters. The third kappa shape index (κ3) is 4.86. The van der Waals surface area contributed by atoms with Crippen LogP contribution < -0.4 is 10.5 Å². The molecule has 0 radical (unpaired) electrons. The first kappa shape index (κ1) is 22.1. The highest BCUT2D eigenvalue weighted by Crippen LogP contribution is 2.33. The Morgan fingerprint density at radius 1 is 1.18 bits per heavy atom. The number of fused-ring (bicyclic) bond motifs is 1. The van der Waals surface area contributed by atoms with Crippen LogP contribution in [0.2, 0.25) is 0 Å². The zero-order chi connectivity index (χ0) is 23.4. The highest BCUT2D eigenvalue weighted by molar-refractivity contribution is 5.93. The number of aliphatic carboxylic acids is 1. The van der Waals surface area contributed by atoms with Crippen LogP contribution >= 0.6 is 0 Å². The number of nitrogens with zero attached hydrogens (tertiary/aromatic N) is 1. The summed E-state index contributed by atoms with van der Waals surface area (Å²) in [6.07, 6.45) is 1.38. The number of carbonyl (C=O) groups is 1. The summed E-state index contributed by atoms with van der Waals surface area (Å²) >= 11 is 0. The Morgan fingerprint density at radius 3 is 2.79 bits per heavy atom. The molecule has 4 rings (SSSR count). The van der Waals surface area contributed by atoms with Gasteiger partial charge in [-0.15, -0.1) is 0 Å². The predicted octanol–water partition coefficient (Wildman–Crippen LogP) is 5.15. The maximum absolute atomic E-state index is 13.1. The van der Waals surface area contributed by atoms with E-state index >= 15 is 0 Å². The molecular weight excluding hydrogens is 423 g/mol. The van der Waals surface area contributed by atoms with Crippen molar-refractivity contribution in [2.24, 2.45) is 5.73 Å². The average Bonchev–Trinajstić information content (AvgIpc) is 3.30. The highest BCUT2D eigenvalue weighted by atomic mass is 19.1. The van der Waals surface area contributed by atoms with Crippen LogP contribution in [-0.2, 0) is 17.8 Å². The van der Waals surface area contributed by atoms with Crippen LogP contribution in [-0.4, -0.2) is 17.8 Å². The quantitative estimate of drug-likeness (QED) is 0.389. The minimum Gasteiger partial charge on any atom is -0.489 e. The van der Waals surface area contributed by atoms with Gasteiger partial charge < -0.3 is 20.0 Å². The Balaban J connectivity index is 1.69. The molecule has 3 N–H and O–H groups in total. The lowest BCUT2D eigenvalue weighted by atomic mass is 9.97. The van der Waals surface area contributed by atoms with E-state index in [9.17, 15) is 19.6 Å². The second-order valence-electron chi connectivity index (χ2n) is 7.66. The molecule has 3 aromatic carbocycles. The number of carboxylic acids is 1. The van der Waals surface area contributed by atoms with Gasteiger partial charge >= 0.3 is 5.97 Å². The number of rotatable bonds is 8. The lowest BCUT2D eigenvalue weighted by Gasteiger charge is -2.13. The van der Waals surface area contributed by atoms with Crippen molar-refractivity contribution >= 4 is 16.9 Å². The summed E-state index contributed by atoms with van der Waals surface area (Å²) in [5, 5.41) is 19.2. The molecule has 1 aromatic heterocycles. The third-order valence-electron chi connectivity index (χ3n) is 5.34. The number of furan rings is 1. The first-order valence-corrected chi connectivity index (χ1v) is 10.3. The molecule has 0 saturated carbocycles. The number of ether oxygens (including phenoxy) is 1. The third-order valence-corrected chi connectivity index (χ3v) is 5.34. The molecule has 4 aromatic rings. The van der Waals surface area contributed by atoms with E-state index in [-0.39, 0.29) is 13.0 Å². The van der Waals surface area contributed by atoms with Crippen molar-refractivity contribution in [1.29, 1.82) is 5.26 Å². The van der Waals surface area contributed by atoms with Gasteiger partial charge in [0.1, 0.15) is 24.6 Å². The topological polar surface area (TPSA) is 109 Å². The van der Waals surface area contributed by atoms with Gasteiger partial charge in [-0.2, -0.15) is 5.26 Å². The van der Waals surface area contributed by atoms with E-state index in [0.717, 1.165) is 22.1 Å². The van der Waals surface area contributed by atoms with Crippen molar-refractivity contribution < 1.29 is 23.4 Å². The fourth-order valence-corrected chi connectivity index (χ4v) is 3.70. The fraction of sp³-hybridized carbons (Fsp3) is 0.154. The number of alkyl halides is 1. The van der Waals surface area contributed by atoms with E-state index in [2.05, 4.69) is 0 Å². The Morgan fingerprint density at radius 2 is 2.03 bits per heavy atom. The number of nitriles is 1. The zero-order valence-corrected chi connectivity index (χ0v) is 17.6. The summed E-state index contributed by atoms with van der Waals surface area (Å²) in [4.78, 5) is 11.2. The maximum atomic E-state index is 13.1. The molecule has 0 aliphatic rings. The van der Waals surface area contributed by atoms with Gasteiger partial charge in [-0.3, -0.25) is 4.79 Å². The minimum absolute atomic E-state index is 0.152. The molecule has 6 nitrogen and oxygen atoms in total. The Hall–Kier alpha value is -4.15. The number of hydrogen-bond donors (Lipinski definition) is 2. The van der Waals surface area contributed by atoms with E-state index in [1.807, 2.05) is 42.5 Å². The predicted molar refractivity (Wildman–Crippen MR) is 121 cm³/mol. The first-order valence-electron chi connectivity index (χ1n) is 10.3. The highest BCUT2D eigenvalue weighted by Gasteiger charge is 2.14. The summed E-state index contributed by atoms with van der Waals surface area (Å²) in [6, 6.07) is 19.1. The van der Waals surface area contributed by atoms with Crippen molar-refractivity contribution in [3.63, 3.8) is 0 Å². The summed E-state index contributed by atoms with van der Waals surface area (Å²) in [6.45, 7) is -0.507. The van der Waals surface area contributed by atoms with Gasteiger partial charge in [0, 0.05) is 16.5 Å². The van der Waals surface area contributed by atoms with Crippen LogP contribution in [0.3, 0.4) is 0 Å². The fourth-order valence-electron chi connectivity index (χ4n) is 3.70. The minimum atomic E-state index is -0.988. The largest absolute Gasteiger partial charge is 0.489 e. The van der Waals surface area contributed by atoms with Crippen LogP contribution in [0.5, 0.6) is 5.75 Å². The van der Waals surface area contributed by atoms with Gasteiger partial charge in [-0.1, -0.05) is 24.3 Å². The second kappa shape index (κ2) is 9.55. The summed E-state index contributed by atoms with van der Waals surface area (Å²) < 4.78 is 24.7. The van der Waals surface area contributed by atoms with Crippen molar-refractivity contribution in [2.45, 2.75) is 19.1 Å². The van der Waals surface area contributed by atoms with Crippen molar-refractivity contribution in [3.8, 4) is 22.9 Å². The Labute approximate surface area is 189 Å². The van der Waals surface area contributed by atoms with Crippen LogP contribution in [0.25, 0.3) is 22.1 Å². The standard InChI is InChI=1S/C26H21FN2O4/c27-13-23(29)19-3-1-2-18(11-19)22-9-17(8-21-6-7-32-26(21)22)15-33-24-10-16(14-28)4-5-20(24)12-25(30)31/h1-11,23H,12-13,15,29H2,(H,30,31). The van der Waals surface area contributed by atoms with Gasteiger partial charge in [0.15, 0.2) is 0 Å². The Kier molecular flexibility index (Phi) is 6.38. The number of nitrogens with two attached hydrogens (primary N) is 1. The second-order valence-corrected chi connectivity index (χ2v) is 7.66. The Bertz CT molecular complexity index is 1360. The first-order chi connectivity index (χ1) is 16.0. The zero-order valence-electron chi connectivity index (χ0n) is 17.6. The molecule has 33 heavy (non-hydrogen) atoms. The smallest absolute Gasteiger partial charge is 0.307 e. The molecule has 0 amide bonds. The van der Waals surface area contributed by atoms with E-state index in [0.29, 0.717) is 28.0 Å². The molecule has 0 aliphatic carbocycles. The molecule has 0 bridgehead atoms. The monoisotopic (exact) mass is 444 g/mol. The van der Waals surface area contributed by atoms with Gasteiger partial charge in [-0.25, -0.2) is 4.39 Å². The summed E-state index contributed by atoms with van der Waals surface area (Å²) in [5.74, 6) is -0.640. The average molecular weight is 444 g/mol. The molecule has 0 saturated heterocycles. The molecule has 0 spiro atoms. The summed E-state index contributed by atoms with van der Waals surface area (Å²) in [5.41, 5.74) is 10.6. The number of carboxylic acid groups (broad SMARTS) is 1. The maximum Gasteiger partial charge on any atom is 0.307 e. The van der Waals surface area contributed by atoms with Crippen molar-refractivity contribution in [3.05, 3.63) is 89.2 Å². The van der Waals surface area contributed by atoms with Crippen molar-refractivity contribution in [1.82, 2.24) is 0 Å². The summed E-state index contributed by atoms with van der Waals surface area (Å²) in [7, 11) is 0. The molecule has 166 valence electrons. The van der Waals surface area contributed by atoms with Crippen LogP contribution in [0, 0.1) is 11.3 Å². The molecule has 0 fully saturated rings. The van der Waals surface area contributed by atoms with E-state index < -0.39 is 18.7 Å². The lowest BCUT2D eigenvalue weighted by molar-refractivity contribution is -0.136.